The minimum Gasteiger partial charge on any atom is -0.494 e. The molecule has 1 aromatic heterocycles. The van der Waals surface area contributed by atoms with Crippen LogP contribution in [-0.2, 0) is 0 Å². The largest absolute Gasteiger partial charge is 0.494 e. The molecule has 0 spiro atoms. The molecule has 2 aromatic rings. The zero-order valence-corrected chi connectivity index (χ0v) is 11.5. The van der Waals surface area contributed by atoms with Gasteiger partial charge in [0.05, 0.1) is 24.9 Å². The van der Waals surface area contributed by atoms with Crippen LogP contribution in [0.15, 0.2) is 42.7 Å². The highest BCUT2D eigenvalue weighted by Gasteiger charge is 2.15. The molecule has 0 saturated heterocycles. The lowest BCUT2D eigenvalue weighted by atomic mass is 10.1. The maximum Gasteiger partial charge on any atom is 0.255 e. The molecule has 0 bridgehead atoms. The summed E-state index contributed by atoms with van der Waals surface area (Å²) < 4.78 is 5.13. The first-order valence-electron chi connectivity index (χ1n) is 6.26. The summed E-state index contributed by atoms with van der Waals surface area (Å²) in [6.45, 7) is 1.90. The van der Waals surface area contributed by atoms with Crippen molar-refractivity contribution in [1.29, 1.82) is 0 Å². The van der Waals surface area contributed by atoms with Crippen molar-refractivity contribution in [3.05, 3.63) is 53.9 Å². The number of amides is 1. The van der Waals surface area contributed by atoms with Crippen molar-refractivity contribution >= 4 is 11.6 Å². The third-order valence-electron chi connectivity index (χ3n) is 3.01. The Kier molecular flexibility index (Phi) is 4.20. The number of nitrogens with two attached hydrogens (primary N) is 1. The van der Waals surface area contributed by atoms with E-state index in [1.165, 1.54) is 13.3 Å². The van der Waals surface area contributed by atoms with Crippen molar-refractivity contribution in [2.75, 3.05) is 12.8 Å². The maximum atomic E-state index is 12.2. The van der Waals surface area contributed by atoms with Gasteiger partial charge in [0.2, 0.25) is 0 Å². The lowest BCUT2D eigenvalue weighted by Gasteiger charge is -2.15. The van der Waals surface area contributed by atoms with E-state index in [0.717, 1.165) is 5.56 Å². The van der Waals surface area contributed by atoms with Gasteiger partial charge in [0.25, 0.3) is 5.91 Å². The molecule has 1 unspecified atom stereocenters. The quantitative estimate of drug-likeness (QED) is 0.835. The van der Waals surface area contributed by atoms with E-state index in [4.69, 9.17) is 10.5 Å². The van der Waals surface area contributed by atoms with Gasteiger partial charge in [-0.2, -0.15) is 0 Å². The van der Waals surface area contributed by atoms with Crippen LogP contribution in [0.25, 0.3) is 0 Å². The van der Waals surface area contributed by atoms with E-state index in [2.05, 4.69) is 10.3 Å². The number of nitrogen functional groups attached to an aromatic ring is 1. The molecule has 0 aliphatic carbocycles. The number of hydrogen-bond donors (Lipinski definition) is 2. The number of methoxy groups -OCH3 is 1. The molecular weight excluding hydrogens is 254 g/mol. The highest BCUT2D eigenvalue weighted by molar-refractivity contribution is 5.96. The molecular formula is C15H17N3O2. The van der Waals surface area contributed by atoms with Crippen molar-refractivity contribution in [2.45, 2.75) is 13.0 Å². The third kappa shape index (κ3) is 3.06. The first kappa shape index (κ1) is 13.9. The fourth-order valence-corrected chi connectivity index (χ4v) is 1.92. The summed E-state index contributed by atoms with van der Waals surface area (Å²) in [4.78, 5) is 16.2. The molecule has 1 heterocycles. The minimum absolute atomic E-state index is 0.149. The van der Waals surface area contributed by atoms with Gasteiger partial charge in [-0.1, -0.05) is 12.1 Å². The number of carbonyl (C=O) groups is 1. The van der Waals surface area contributed by atoms with Crippen molar-refractivity contribution in [3.63, 3.8) is 0 Å². The van der Waals surface area contributed by atoms with Gasteiger partial charge < -0.3 is 15.8 Å². The van der Waals surface area contributed by atoms with E-state index in [0.29, 0.717) is 17.0 Å². The number of pyridine rings is 1. The summed E-state index contributed by atoms with van der Waals surface area (Å²) in [5, 5.41) is 2.91. The van der Waals surface area contributed by atoms with Gasteiger partial charge in [-0.05, 0) is 30.7 Å². The van der Waals surface area contributed by atoms with E-state index in [9.17, 15) is 4.79 Å². The zero-order chi connectivity index (χ0) is 14.5. The SMILES string of the molecule is COc1cnccc1C(=O)NC(C)c1cccc(N)c1. The summed E-state index contributed by atoms with van der Waals surface area (Å²) in [7, 11) is 1.51. The number of nitrogens with zero attached hydrogens (tertiary/aromatic N) is 1. The van der Waals surface area contributed by atoms with Gasteiger partial charge in [-0.15, -0.1) is 0 Å². The highest BCUT2D eigenvalue weighted by Crippen LogP contribution is 2.19. The molecule has 20 heavy (non-hydrogen) atoms. The average Bonchev–Trinajstić information content (AvgIpc) is 2.47. The van der Waals surface area contributed by atoms with Crippen LogP contribution in [0.3, 0.4) is 0 Å². The summed E-state index contributed by atoms with van der Waals surface area (Å²) in [6, 6.07) is 8.91. The molecule has 104 valence electrons. The van der Waals surface area contributed by atoms with Gasteiger partial charge in [0.1, 0.15) is 5.75 Å². The van der Waals surface area contributed by atoms with Crippen LogP contribution in [0.5, 0.6) is 5.75 Å². The molecule has 0 aliphatic rings. The lowest BCUT2D eigenvalue weighted by Crippen LogP contribution is -2.27. The van der Waals surface area contributed by atoms with Crippen LogP contribution in [-0.4, -0.2) is 18.0 Å². The van der Waals surface area contributed by atoms with Gasteiger partial charge in [0.15, 0.2) is 0 Å². The number of aromatic nitrogens is 1. The first-order valence-corrected chi connectivity index (χ1v) is 6.26. The van der Waals surface area contributed by atoms with E-state index < -0.39 is 0 Å². The molecule has 5 heteroatoms. The van der Waals surface area contributed by atoms with Gasteiger partial charge in [-0.25, -0.2) is 0 Å². The number of benzene rings is 1. The molecule has 0 saturated carbocycles. The lowest BCUT2D eigenvalue weighted by molar-refractivity contribution is 0.0936. The van der Waals surface area contributed by atoms with Crippen LogP contribution in [0.4, 0.5) is 5.69 Å². The Morgan fingerprint density at radius 3 is 2.90 bits per heavy atom. The monoisotopic (exact) mass is 271 g/mol. The number of carbonyl (C=O) groups excluding carboxylic acids is 1. The van der Waals surface area contributed by atoms with Crippen molar-refractivity contribution in [2.24, 2.45) is 0 Å². The minimum atomic E-state index is -0.209. The second-order valence-electron chi connectivity index (χ2n) is 4.44. The van der Waals surface area contributed by atoms with Crippen LogP contribution < -0.4 is 15.8 Å². The molecule has 0 radical (unpaired) electrons. The Hall–Kier alpha value is -2.56. The fraction of sp³-hybridized carbons (Fsp3) is 0.200. The Bertz CT molecular complexity index is 614. The second kappa shape index (κ2) is 6.06. The molecule has 3 N–H and O–H groups in total. The molecule has 1 aromatic carbocycles. The molecule has 1 amide bonds. The number of ether oxygens (including phenoxy) is 1. The fourth-order valence-electron chi connectivity index (χ4n) is 1.92. The summed E-state index contributed by atoms with van der Waals surface area (Å²) >= 11 is 0. The topological polar surface area (TPSA) is 77.2 Å². The van der Waals surface area contributed by atoms with Gasteiger partial charge in [0, 0.05) is 11.9 Å². The Morgan fingerprint density at radius 2 is 2.20 bits per heavy atom. The Morgan fingerprint density at radius 1 is 1.40 bits per heavy atom. The molecule has 0 aliphatic heterocycles. The van der Waals surface area contributed by atoms with Crippen LogP contribution in [0.2, 0.25) is 0 Å². The molecule has 1 atom stereocenters. The molecule has 2 rings (SSSR count). The maximum absolute atomic E-state index is 12.2. The summed E-state index contributed by atoms with van der Waals surface area (Å²) in [5.74, 6) is 0.240. The van der Waals surface area contributed by atoms with Crippen LogP contribution in [0, 0.1) is 0 Å². The van der Waals surface area contributed by atoms with Crippen LogP contribution >= 0.6 is 0 Å². The van der Waals surface area contributed by atoms with Crippen molar-refractivity contribution in [3.8, 4) is 5.75 Å². The number of anilines is 1. The second-order valence-corrected chi connectivity index (χ2v) is 4.44. The first-order chi connectivity index (χ1) is 9.61. The smallest absolute Gasteiger partial charge is 0.255 e. The number of nitrogens with one attached hydrogen (secondary N) is 1. The van der Waals surface area contributed by atoms with Gasteiger partial charge >= 0.3 is 0 Å². The molecule has 5 nitrogen and oxygen atoms in total. The van der Waals surface area contributed by atoms with Crippen LogP contribution in [0.1, 0.15) is 28.9 Å². The van der Waals surface area contributed by atoms with E-state index >= 15 is 0 Å². The van der Waals surface area contributed by atoms with E-state index in [1.54, 1.807) is 12.3 Å². The summed E-state index contributed by atoms with van der Waals surface area (Å²) in [6.07, 6.45) is 3.07. The summed E-state index contributed by atoms with van der Waals surface area (Å²) in [5.41, 5.74) is 7.82. The predicted octanol–water partition coefficient (Wildman–Crippen LogP) is 2.16. The average molecular weight is 271 g/mol. The van der Waals surface area contributed by atoms with E-state index in [-0.39, 0.29) is 11.9 Å². The highest BCUT2D eigenvalue weighted by atomic mass is 16.5. The normalized spacial score (nSPS) is 11.7. The van der Waals surface area contributed by atoms with E-state index in [1.807, 2.05) is 31.2 Å². The predicted molar refractivity (Wildman–Crippen MR) is 77.5 cm³/mol. The van der Waals surface area contributed by atoms with Crippen molar-refractivity contribution < 1.29 is 9.53 Å². The zero-order valence-electron chi connectivity index (χ0n) is 11.5. The van der Waals surface area contributed by atoms with Crippen molar-refractivity contribution in [1.82, 2.24) is 10.3 Å². The Balaban J connectivity index is 2.15. The molecule has 0 fully saturated rings. The third-order valence-corrected chi connectivity index (χ3v) is 3.01. The number of hydrogen-bond acceptors (Lipinski definition) is 4. The standard InChI is InChI=1S/C15H17N3O2/c1-10(11-4-3-5-12(16)8-11)18-15(19)13-6-7-17-9-14(13)20-2/h3-10H,16H2,1-2H3,(H,18,19). The van der Waals surface area contributed by atoms with Gasteiger partial charge in [-0.3, -0.25) is 9.78 Å². The number of rotatable bonds is 4. The Labute approximate surface area is 117 Å².